The van der Waals surface area contributed by atoms with Crippen molar-refractivity contribution in [2.75, 3.05) is 13.1 Å². The molecule has 0 aromatic heterocycles. The molecule has 1 aliphatic rings. The topological polar surface area (TPSA) is 12.0 Å². The summed E-state index contributed by atoms with van der Waals surface area (Å²) in [6.45, 7) is 3.84. The third kappa shape index (κ3) is 1.52. The van der Waals surface area contributed by atoms with Crippen molar-refractivity contribution in [1.29, 1.82) is 0 Å². The van der Waals surface area contributed by atoms with Crippen LogP contribution in [0.25, 0.3) is 0 Å². The summed E-state index contributed by atoms with van der Waals surface area (Å²) in [6.07, 6.45) is 0.970. The Bertz CT molecular complexity index is 343. The first-order chi connectivity index (χ1) is 6.62. The second-order valence-electron chi connectivity index (χ2n) is 4.12. The molecule has 0 spiro atoms. The number of nitrogens with one attached hydrogen (secondary N) is 1. The van der Waals surface area contributed by atoms with E-state index >= 15 is 0 Å². The van der Waals surface area contributed by atoms with E-state index < -0.39 is 11.6 Å². The minimum atomic E-state index is -0.775. The van der Waals surface area contributed by atoms with E-state index in [1.165, 1.54) is 12.1 Å². The van der Waals surface area contributed by atoms with Gasteiger partial charge in [-0.15, -0.1) is 0 Å². The van der Waals surface area contributed by atoms with E-state index in [4.69, 9.17) is 0 Å². The van der Waals surface area contributed by atoms with Crippen molar-refractivity contribution in [3.63, 3.8) is 0 Å². The smallest absolute Gasteiger partial charge is 0.159 e. The lowest BCUT2D eigenvalue weighted by Crippen LogP contribution is -2.25. The number of hydrogen-bond donors (Lipinski definition) is 1. The fourth-order valence-corrected chi connectivity index (χ4v) is 1.93. The van der Waals surface area contributed by atoms with E-state index in [-0.39, 0.29) is 5.41 Å². The predicted molar refractivity (Wildman–Crippen MR) is 51.2 cm³/mol. The first-order valence-electron chi connectivity index (χ1n) is 4.78. The minimum Gasteiger partial charge on any atom is -0.316 e. The van der Waals surface area contributed by atoms with Gasteiger partial charge in [0.15, 0.2) is 11.6 Å². The molecule has 1 saturated heterocycles. The van der Waals surface area contributed by atoms with Crippen LogP contribution in [0.15, 0.2) is 18.2 Å². The molecular formula is C11H13F2N. The summed E-state index contributed by atoms with van der Waals surface area (Å²) in [5.74, 6) is -1.53. The van der Waals surface area contributed by atoms with Gasteiger partial charge in [0.2, 0.25) is 0 Å². The molecule has 1 heterocycles. The van der Waals surface area contributed by atoms with Gasteiger partial charge in [-0.1, -0.05) is 13.0 Å². The second-order valence-corrected chi connectivity index (χ2v) is 4.12. The van der Waals surface area contributed by atoms with Gasteiger partial charge in [0, 0.05) is 12.0 Å². The van der Waals surface area contributed by atoms with Crippen molar-refractivity contribution >= 4 is 0 Å². The quantitative estimate of drug-likeness (QED) is 0.727. The van der Waals surface area contributed by atoms with Crippen LogP contribution in [0.3, 0.4) is 0 Å². The normalized spacial score (nSPS) is 26.8. The summed E-state index contributed by atoms with van der Waals surface area (Å²) < 4.78 is 25.7. The predicted octanol–water partition coefficient (Wildman–Crippen LogP) is 2.22. The van der Waals surface area contributed by atoms with Gasteiger partial charge < -0.3 is 5.32 Å². The monoisotopic (exact) mass is 197 g/mol. The third-order valence-corrected chi connectivity index (χ3v) is 2.99. The molecule has 1 aromatic rings. The van der Waals surface area contributed by atoms with Crippen molar-refractivity contribution < 1.29 is 8.78 Å². The van der Waals surface area contributed by atoms with Crippen LogP contribution in [0.4, 0.5) is 8.78 Å². The SMILES string of the molecule is CC1(c2ccc(F)c(F)c2)CCNC1. The third-order valence-electron chi connectivity index (χ3n) is 2.99. The van der Waals surface area contributed by atoms with Crippen LogP contribution in [0.5, 0.6) is 0 Å². The molecule has 1 N–H and O–H groups in total. The molecule has 1 atom stereocenters. The molecule has 1 unspecified atom stereocenters. The number of benzene rings is 1. The maximum Gasteiger partial charge on any atom is 0.159 e. The first kappa shape index (κ1) is 9.59. The summed E-state index contributed by atoms with van der Waals surface area (Å²) in [5.41, 5.74) is 0.829. The fraction of sp³-hybridized carbons (Fsp3) is 0.455. The maximum atomic E-state index is 13.0. The molecule has 3 heteroatoms. The van der Waals surface area contributed by atoms with Crippen LogP contribution in [-0.4, -0.2) is 13.1 Å². The lowest BCUT2D eigenvalue weighted by molar-refractivity contribution is 0.487. The molecule has 0 bridgehead atoms. The van der Waals surface area contributed by atoms with E-state index in [1.807, 2.05) is 0 Å². The summed E-state index contributed by atoms with van der Waals surface area (Å²) in [6, 6.07) is 4.18. The molecule has 14 heavy (non-hydrogen) atoms. The molecule has 2 rings (SSSR count). The second kappa shape index (κ2) is 3.31. The maximum absolute atomic E-state index is 13.0. The van der Waals surface area contributed by atoms with Crippen LogP contribution >= 0.6 is 0 Å². The molecule has 0 saturated carbocycles. The standard InChI is InChI=1S/C11H13F2N/c1-11(4-5-14-7-11)8-2-3-9(12)10(13)6-8/h2-3,6,14H,4-5,7H2,1H3. The average molecular weight is 197 g/mol. The van der Waals surface area contributed by atoms with E-state index in [2.05, 4.69) is 12.2 Å². The van der Waals surface area contributed by atoms with Gasteiger partial charge in [0.25, 0.3) is 0 Å². The van der Waals surface area contributed by atoms with E-state index in [9.17, 15) is 8.78 Å². The van der Waals surface area contributed by atoms with Crippen LogP contribution in [0.1, 0.15) is 18.9 Å². The van der Waals surface area contributed by atoms with Crippen LogP contribution in [0, 0.1) is 11.6 Å². The lowest BCUT2D eigenvalue weighted by Gasteiger charge is -2.23. The Hall–Kier alpha value is -0.960. The molecule has 1 aromatic carbocycles. The van der Waals surface area contributed by atoms with Crippen molar-refractivity contribution in [3.8, 4) is 0 Å². The molecule has 76 valence electrons. The van der Waals surface area contributed by atoms with E-state index in [0.29, 0.717) is 0 Å². The van der Waals surface area contributed by atoms with Crippen LogP contribution in [-0.2, 0) is 5.41 Å². The highest BCUT2D eigenvalue weighted by Gasteiger charge is 2.30. The van der Waals surface area contributed by atoms with Gasteiger partial charge in [-0.25, -0.2) is 8.78 Å². The largest absolute Gasteiger partial charge is 0.316 e. The molecule has 0 aliphatic carbocycles. The lowest BCUT2D eigenvalue weighted by atomic mass is 9.82. The summed E-state index contributed by atoms with van der Waals surface area (Å²) in [5, 5.41) is 3.23. The molecule has 0 radical (unpaired) electrons. The zero-order chi connectivity index (χ0) is 10.2. The fourth-order valence-electron chi connectivity index (χ4n) is 1.93. The van der Waals surface area contributed by atoms with Crippen molar-refractivity contribution in [2.24, 2.45) is 0 Å². The minimum absolute atomic E-state index is 0.0471. The summed E-state index contributed by atoms with van der Waals surface area (Å²) in [7, 11) is 0. The highest BCUT2D eigenvalue weighted by molar-refractivity contribution is 5.27. The van der Waals surface area contributed by atoms with Gasteiger partial charge in [-0.2, -0.15) is 0 Å². The molecular weight excluding hydrogens is 184 g/mol. The Labute approximate surface area is 82.1 Å². The Balaban J connectivity index is 2.36. The zero-order valence-corrected chi connectivity index (χ0v) is 8.11. The summed E-state index contributed by atoms with van der Waals surface area (Å²) >= 11 is 0. The van der Waals surface area contributed by atoms with Crippen molar-refractivity contribution in [2.45, 2.75) is 18.8 Å². The van der Waals surface area contributed by atoms with Crippen molar-refractivity contribution in [1.82, 2.24) is 5.32 Å². The molecule has 1 nitrogen and oxygen atoms in total. The van der Waals surface area contributed by atoms with Gasteiger partial charge in [-0.05, 0) is 30.7 Å². The van der Waals surface area contributed by atoms with Gasteiger partial charge in [0.1, 0.15) is 0 Å². The number of hydrogen-bond acceptors (Lipinski definition) is 1. The molecule has 1 aliphatic heterocycles. The van der Waals surface area contributed by atoms with Gasteiger partial charge in [-0.3, -0.25) is 0 Å². The Morgan fingerprint density at radius 1 is 1.29 bits per heavy atom. The van der Waals surface area contributed by atoms with Gasteiger partial charge in [0.05, 0.1) is 0 Å². The Morgan fingerprint density at radius 2 is 2.07 bits per heavy atom. The van der Waals surface area contributed by atoms with Crippen LogP contribution < -0.4 is 5.32 Å². The zero-order valence-electron chi connectivity index (χ0n) is 8.11. The van der Waals surface area contributed by atoms with Crippen LogP contribution in [0.2, 0.25) is 0 Å². The Kier molecular flexibility index (Phi) is 2.27. The molecule has 1 fully saturated rings. The number of halogens is 2. The van der Waals surface area contributed by atoms with E-state index in [0.717, 1.165) is 25.1 Å². The molecule has 0 amide bonds. The highest BCUT2D eigenvalue weighted by Crippen LogP contribution is 2.30. The number of rotatable bonds is 1. The van der Waals surface area contributed by atoms with Crippen molar-refractivity contribution in [3.05, 3.63) is 35.4 Å². The average Bonchev–Trinajstić information content (AvgIpc) is 2.58. The van der Waals surface area contributed by atoms with E-state index in [1.54, 1.807) is 6.07 Å². The highest BCUT2D eigenvalue weighted by atomic mass is 19.2. The first-order valence-corrected chi connectivity index (χ1v) is 4.78. The Morgan fingerprint density at radius 3 is 2.64 bits per heavy atom. The van der Waals surface area contributed by atoms with Gasteiger partial charge >= 0.3 is 0 Å². The summed E-state index contributed by atoms with van der Waals surface area (Å²) in [4.78, 5) is 0.